The second-order valence-electron chi connectivity index (χ2n) is 4.83. The summed E-state index contributed by atoms with van der Waals surface area (Å²) in [5, 5.41) is 9.54. The number of nitrogens with zero attached hydrogens (tertiary/aromatic N) is 1. The van der Waals surface area contributed by atoms with E-state index in [9.17, 15) is 19.3 Å². The molecule has 0 aromatic carbocycles. The van der Waals surface area contributed by atoms with Gasteiger partial charge in [0.15, 0.2) is 0 Å². The number of aryl methyl sites for hydroxylation is 1. The van der Waals surface area contributed by atoms with Crippen LogP contribution in [-0.4, -0.2) is 40.3 Å². The third-order valence-corrected chi connectivity index (χ3v) is 4.31. The molecule has 1 aliphatic heterocycles. The molecule has 124 valence electrons. The maximum atomic E-state index is 11.9. The fourth-order valence-corrected chi connectivity index (χ4v) is 3.23. The molecule has 0 bridgehead atoms. The van der Waals surface area contributed by atoms with Crippen LogP contribution < -0.4 is 11.2 Å². The molecule has 1 aromatic heterocycles. The van der Waals surface area contributed by atoms with Crippen molar-refractivity contribution in [1.82, 2.24) is 9.55 Å². The number of ether oxygens (including phenoxy) is 2. The Morgan fingerprint density at radius 1 is 1.64 bits per heavy atom. The number of H-pyrrole nitrogens is 1. The molecule has 22 heavy (non-hydrogen) atoms. The highest BCUT2D eigenvalue weighted by Crippen LogP contribution is 2.43. The van der Waals surface area contributed by atoms with E-state index in [1.54, 1.807) is 6.92 Å². The molecule has 2 heterocycles. The van der Waals surface area contributed by atoms with E-state index in [0.717, 1.165) is 0 Å². The number of hydrogen-bond donors (Lipinski definition) is 3. The van der Waals surface area contributed by atoms with Gasteiger partial charge >= 0.3 is 5.69 Å². The van der Waals surface area contributed by atoms with E-state index in [4.69, 9.17) is 14.0 Å². The number of methoxy groups -OCH3 is 1. The van der Waals surface area contributed by atoms with Gasteiger partial charge in [-0.05, 0) is 6.92 Å². The minimum absolute atomic E-state index is 0.0940. The summed E-state index contributed by atoms with van der Waals surface area (Å²) >= 11 is 3.71. The van der Waals surface area contributed by atoms with Crippen molar-refractivity contribution in [2.75, 3.05) is 13.7 Å². The van der Waals surface area contributed by atoms with Crippen LogP contribution in [0.1, 0.15) is 18.2 Å². The van der Waals surface area contributed by atoms with Crippen LogP contribution in [0.25, 0.3) is 0 Å². The molecule has 2 unspecified atom stereocenters. The normalized spacial score (nSPS) is 29.6. The van der Waals surface area contributed by atoms with E-state index in [0.29, 0.717) is 5.56 Å². The van der Waals surface area contributed by atoms with Gasteiger partial charge in [0.2, 0.25) is 13.0 Å². The number of nitrogens with one attached hydrogen (secondary N) is 1. The number of aromatic amines is 1. The average Bonchev–Trinajstić information content (AvgIpc) is 2.81. The highest BCUT2D eigenvalue weighted by Gasteiger charge is 2.51. The zero-order chi connectivity index (χ0) is 16.5. The van der Waals surface area contributed by atoms with E-state index in [1.807, 2.05) is 0 Å². The third-order valence-electron chi connectivity index (χ3n) is 3.51. The van der Waals surface area contributed by atoms with E-state index < -0.39 is 43.2 Å². The second kappa shape index (κ2) is 6.69. The highest BCUT2D eigenvalue weighted by atomic mass is 32.7. The predicted octanol–water partition coefficient (Wildman–Crippen LogP) is -0.196. The molecule has 2 rings (SSSR count). The van der Waals surface area contributed by atoms with E-state index in [-0.39, 0.29) is 6.42 Å². The Morgan fingerprint density at radius 2 is 2.32 bits per heavy atom. The van der Waals surface area contributed by atoms with Gasteiger partial charge in [-0.1, -0.05) is 12.2 Å². The summed E-state index contributed by atoms with van der Waals surface area (Å²) in [4.78, 5) is 25.5. The summed E-state index contributed by atoms with van der Waals surface area (Å²) in [5.74, 6) is -1.56. The van der Waals surface area contributed by atoms with Crippen molar-refractivity contribution in [2.45, 2.75) is 31.5 Å². The van der Waals surface area contributed by atoms with Gasteiger partial charge < -0.3 is 19.1 Å². The van der Waals surface area contributed by atoms with Crippen molar-refractivity contribution in [3.05, 3.63) is 32.6 Å². The summed E-state index contributed by atoms with van der Waals surface area (Å²) in [7, 11) is -1.31. The van der Waals surface area contributed by atoms with Gasteiger partial charge in [0.25, 0.3) is 5.56 Å². The third kappa shape index (κ3) is 3.22. The lowest BCUT2D eigenvalue weighted by molar-refractivity contribution is -0.265. The van der Waals surface area contributed by atoms with E-state index >= 15 is 0 Å². The number of aliphatic hydroxyl groups is 1. The molecular formula is C11H17N2O7PS. The number of aliphatic hydroxyl groups excluding tert-OH is 1. The fraction of sp³-hybridized carbons (Fsp3) is 0.636. The predicted molar refractivity (Wildman–Crippen MR) is 80.5 cm³/mol. The van der Waals surface area contributed by atoms with Crippen molar-refractivity contribution in [3.8, 4) is 0 Å². The number of rotatable bonds is 5. The lowest BCUT2D eigenvalue weighted by Crippen LogP contribution is -2.45. The first-order valence-corrected chi connectivity index (χ1v) is 8.99. The van der Waals surface area contributed by atoms with Gasteiger partial charge in [-0.15, -0.1) is 0 Å². The van der Waals surface area contributed by atoms with Gasteiger partial charge in [-0.2, -0.15) is 0 Å². The van der Waals surface area contributed by atoms with Crippen LogP contribution in [0.3, 0.4) is 0 Å². The van der Waals surface area contributed by atoms with Crippen LogP contribution >= 0.6 is 19.5 Å². The highest BCUT2D eigenvalue weighted by molar-refractivity contribution is 8.39. The Labute approximate surface area is 131 Å². The van der Waals surface area contributed by atoms with Crippen molar-refractivity contribution < 1.29 is 23.7 Å². The van der Waals surface area contributed by atoms with Crippen molar-refractivity contribution in [1.29, 1.82) is 0 Å². The Bertz CT molecular complexity index is 684. The zero-order valence-electron chi connectivity index (χ0n) is 11.9. The summed E-state index contributed by atoms with van der Waals surface area (Å²) < 4.78 is 28.4. The average molecular weight is 352 g/mol. The fourth-order valence-electron chi connectivity index (χ4n) is 2.33. The number of hydrogen-bond acceptors (Lipinski definition) is 7. The molecule has 0 saturated carbocycles. The van der Waals surface area contributed by atoms with Crippen LogP contribution in [0, 0.1) is 6.92 Å². The molecule has 0 amide bonds. The van der Waals surface area contributed by atoms with Crippen LogP contribution in [0.2, 0.25) is 0 Å². The van der Waals surface area contributed by atoms with Gasteiger partial charge in [0.05, 0.1) is 6.61 Å². The van der Waals surface area contributed by atoms with Gasteiger partial charge in [0, 0.05) is 25.3 Å². The van der Waals surface area contributed by atoms with Crippen LogP contribution in [0.15, 0.2) is 15.8 Å². The molecule has 1 fully saturated rings. The number of aromatic nitrogens is 2. The quantitative estimate of drug-likeness (QED) is 0.496. The molecule has 0 radical (unpaired) electrons. The molecule has 1 saturated heterocycles. The summed E-state index contributed by atoms with van der Waals surface area (Å²) in [6.07, 6.45) is -0.294. The Morgan fingerprint density at radius 3 is 2.86 bits per heavy atom. The molecule has 1 aromatic rings. The number of thiol groups is 1. The largest absolute Gasteiger partial charge is 0.391 e. The SMILES string of the molecule is CO[C@]1(CO)O[C@@H](n2cc(C)c(=O)[nH]c2=O)CC1O[PH](=O)S. The molecular weight excluding hydrogens is 335 g/mol. The Balaban J connectivity index is 2.39. The molecule has 11 heteroatoms. The smallest absolute Gasteiger partial charge is 0.330 e. The van der Waals surface area contributed by atoms with Gasteiger partial charge in [-0.25, -0.2) is 4.79 Å². The molecule has 1 aliphatic rings. The maximum absolute atomic E-state index is 11.9. The topological polar surface area (TPSA) is 120 Å². The molecule has 0 aliphatic carbocycles. The standard InChI is InChI=1S/C11H17N2O7PS/c1-6-4-13(10(16)12-9(6)15)8-3-7(20-21(17)22)11(5-14,18-2)19-8/h4,7-8,14,21H,3,5H2,1-2H3,(H,17,22)(H,12,15,16)/t7?,8-,11-/m1/s1. The monoisotopic (exact) mass is 352 g/mol. The lowest BCUT2D eigenvalue weighted by Gasteiger charge is -2.30. The van der Waals surface area contributed by atoms with Crippen LogP contribution in [0.5, 0.6) is 0 Å². The Kier molecular flexibility index (Phi) is 5.31. The van der Waals surface area contributed by atoms with Gasteiger partial charge in [-0.3, -0.25) is 18.9 Å². The molecule has 0 spiro atoms. The first-order valence-electron chi connectivity index (χ1n) is 6.38. The van der Waals surface area contributed by atoms with Crippen molar-refractivity contribution in [2.24, 2.45) is 0 Å². The first kappa shape index (κ1) is 17.5. The lowest BCUT2D eigenvalue weighted by atomic mass is 10.1. The molecule has 4 atom stereocenters. The Hall–Kier alpha value is -0.900. The van der Waals surface area contributed by atoms with Crippen LogP contribution in [-0.2, 0) is 18.6 Å². The van der Waals surface area contributed by atoms with Crippen molar-refractivity contribution >= 4 is 19.5 Å². The van der Waals surface area contributed by atoms with Crippen LogP contribution in [0.4, 0.5) is 0 Å². The summed E-state index contributed by atoms with van der Waals surface area (Å²) in [6.45, 7) is 0.977. The van der Waals surface area contributed by atoms with E-state index in [1.165, 1.54) is 17.9 Å². The summed E-state index contributed by atoms with van der Waals surface area (Å²) in [6, 6.07) is 0. The minimum Gasteiger partial charge on any atom is -0.391 e. The van der Waals surface area contributed by atoms with Crippen molar-refractivity contribution in [3.63, 3.8) is 0 Å². The molecule has 2 N–H and O–H groups in total. The zero-order valence-corrected chi connectivity index (χ0v) is 13.8. The van der Waals surface area contributed by atoms with E-state index in [2.05, 4.69) is 17.2 Å². The summed E-state index contributed by atoms with van der Waals surface area (Å²) in [5.41, 5.74) is -0.835. The minimum atomic E-state index is -2.61. The van der Waals surface area contributed by atoms with Gasteiger partial charge in [0.1, 0.15) is 12.3 Å². The molecule has 9 nitrogen and oxygen atoms in total. The maximum Gasteiger partial charge on any atom is 0.330 e. The first-order chi connectivity index (χ1) is 10.3. The second-order valence-corrected chi connectivity index (χ2v) is 6.70.